The van der Waals surface area contributed by atoms with Crippen molar-refractivity contribution >= 4 is 17.2 Å². The smallest absolute Gasteiger partial charge is 0.271 e. The van der Waals surface area contributed by atoms with Gasteiger partial charge in [0.25, 0.3) is 11.8 Å². The van der Waals surface area contributed by atoms with Crippen LogP contribution in [0, 0.1) is 0 Å². The summed E-state index contributed by atoms with van der Waals surface area (Å²) in [6.45, 7) is 2.54. The summed E-state index contributed by atoms with van der Waals surface area (Å²) in [4.78, 5) is 26.3. The van der Waals surface area contributed by atoms with Crippen LogP contribution in [0.2, 0.25) is 0 Å². The van der Waals surface area contributed by atoms with Gasteiger partial charge in [-0.25, -0.2) is 9.97 Å². The van der Waals surface area contributed by atoms with Crippen molar-refractivity contribution < 1.29 is 9.32 Å². The van der Waals surface area contributed by atoms with E-state index in [9.17, 15) is 4.79 Å². The minimum Gasteiger partial charge on any atom is -0.346 e. The molecule has 0 fully saturated rings. The van der Waals surface area contributed by atoms with E-state index in [0.29, 0.717) is 29.8 Å². The first-order valence-electron chi connectivity index (χ1n) is 8.87. The van der Waals surface area contributed by atoms with Crippen LogP contribution < -0.4 is 5.32 Å². The van der Waals surface area contributed by atoms with E-state index in [4.69, 9.17) is 4.52 Å². The Labute approximate surface area is 165 Å². The molecule has 28 heavy (non-hydrogen) atoms. The molecule has 4 aromatic heterocycles. The highest BCUT2D eigenvalue weighted by molar-refractivity contribution is 7.09. The van der Waals surface area contributed by atoms with Gasteiger partial charge >= 0.3 is 0 Å². The predicted molar refractivity (Wildman–Crippen MR) is 104 cm³/mol. The van der Waals surface area contributed by atoms with Crippen molar-refractivity contribution in [2.24, 2.45) is 0 Å². The maximum Gasteiger partial charge on any atom is 0.271 e. The minimum absolute atomic E-state index is 0.232. The Morgan fingerprint density at radius 3 is 3.07 bits per heavy atom. The van der Waals surface area contributed by atoms with Crippen molar-refractivity contribution in [3.63, 3.8) is 0 Å². The Hall–Kier alpha value is -3.33. The topological polar surface area (TPSA) is 98.7 Å². The fourth-order valence-corrected chi connectivity index (χ4v) is 3.27. The molecule has 0 atom stereocenters. The van der Waals surface area contributed by atoms with Crippen molar-refractivity contribution in [3.05, 3.63) is 64.8 Å². The summed E-state index contributed by atoms with van der Waals surface area (Å²) in [7, 11) is 0. The lowest BCUT2D eigenvalue weighted by atomic mass is 10.2. The average molecular weight is 394 g/mol. The molecular weight excluding hydrogens is 376 g/mol. The molecule has 0 saturated heterocycles. The maximum absolute atomic E-state index is 12.3. The molecule has 0 aliphatic heterocycles. The molecule has 0 aromatic carbocycles. The van der Waals surface area contributed by atoms with Gasteiger partial charge in [-0.1, -0.05) is 18.1 Å². The molecule has 4 heterocycles. The third kappa shape index (κ3) is 3.99. The number of carbonyl (C=O) groups is 1. The zero-order valence-electron chi connectivity index (χ0n) is 15.2. The van der Waals surface area contributed by atoms with Crippen LogP contribution in [0.4, 0.5) is 0 Å². The molecule has 1 N–H and O–H groups in total. The molecule has 0 saturated carbocycles. The average Bonchev–Trinajstić information content (AvgIpc) is 3.48. The molecule has 142 valence electrons. The Kier molecular flexibility index (Phi) is 5.24. The molecule has 0 aliphatic carbocycles. The summed E-state index contributed by atoms with van der Waals surface area (Å²) < 4.78 is 7.02. The number of hydrogen-bond donors (Lipinski definition) is 1. The van der Waals surface area contributed by atoms with Crippen LogP contribution in [0.3, 0.4) is 0 Å². The number of imidazole rings is 1. The molecule has 1 amide bonds. The normalized spacial score (nSPS) is 10.9. The summed E-state index contributed by atoms with van der Waals surface area (Å²) in [5, 5.41) is 8.81. The Bertz CT molecular complexity index is 1070. The number of aromatic nitrogens is 5. The van der Waals surface area contributed by atoms with Crippen LogP contribution in [-0.2, 0) is 13.0 Å². The van der Waals surface area contributed by atoms with Gasteiger partial charge in [0.15, 0.2) is 5.82 Å². The van der Waals surface area contributed by atoms with Gasteiger partial charge < -0.3 is 9.84 Å². The second-order valence-corrected chi connectivity index (χ2v) is 7.13. The first kappa shape index (κ1) is 18.1. The summed E-state index contributed by atoms with van der Waals surface area (Å²) in [6, 6.07) is 7.55. The van der Waals surface area contributed by atoms with E-state index in [0.717, 1.165) is 23.3 Å². The Morgan fingerprint density at radius 2 is 2.25 bits per heavy atom. The minimum atomic E-state index is -0.232. The van der Waals surface area contributed by atoms with E-state index < -0.39 is 0 Å². The lowest BCUT2D eigenvalue weighted by Crippen LogP contribution is -2.22. The van der Waals surface area contributed by atoms with Crippen molar-refractivity contribution in [2.45, 2.75) is 26.3 Å². The van der Waals surface area contributed by atoms with Crippen molar-refractivity contribution in [3.8, 4) is 17.3 Å². The number of rotatable bonds is 7. The number of thiophene rings is 1. The molecule has 0 unspecified atom stereocenters. The molecule has 0 bridgehead atoms. The van der Waals surface area contributed by atoms with Gasteiger partial charge in [0.05, 0.1) is 6.54 Å². The highest BCUT2D eigenvalue weighted by Gasteiger charge is 2.13. The quantitative estimate of drug-likeness (QED) is 0.517. The molecule has 4 rings (SSSR count). The SMILES string of the molecule is CCCc1noc(-c2ccnc(-n3cnc(C(=O)NCc4cccs4)c3)c2)n1. The van der Waals surface area contributed by atoms with E-state index in [1.807, 2.05) is 23.6 Å². The lowest BCUT2D eigenvalue weighted by Gasteiger charge is -2.02. The fraction of sp³-hybridized carbons (Fsp3) is 0.211. The summed E-state index contributed by atoms with van der Waals surface area (Å²) in [6.07, 6.45) is 6.58. The standard InChI is InChI=1S/C19H18N6O2S/c1-2-4-16-23-19(27-24-16)13-6-7-20-17(9-13)25-11-15(22-12-25)18(26)21-10-14-5-3-8-28-14/h3,5-9,11-12H,2,4,10H2,1H3,(H,21,26). The van der Waals surface area contributed by atoms with Crippen LogP contribution in [0.15, 0.2) is 52.9 Å². The number of aryl methyl sites for hydroxylation is 1. The van der Waals surface area contributed by atoms with E-state index >= 15 is 0 Å². The molecule has 8 nitrogen and oxygen atoms in total. The van der Waals surface area contributed by atoms with E-state index in [1.165, 1.54) is 0 Å². The van der Waals surface area contributed by atoms with Crippen molar-refractivity contribution in [1.82, 2.24) is 30.0 Å². The third-order valence-corrected chi connectivity index (χ3v) is 4.89. The predicted octanol–water partition coefficient (Wildman–Crippen LogP) is 3.26. The van der Waals surface area contributed by atoms with Crippen LogP contribution in [0.5, 0.6) is 0 Å². The summed E-state index contributed by atoms with van der Waals surface area (Å²) in [5.74, 6) is 1.51. The number of nitrogens with zero attached hydrogens (tertiary/aromatic N) is 5. The van der Waals surface area contributed by atoms with E-state index in [2.05, 4.69) is 32.3 Å². The van der Waals surface area contributed by atoms with Gasteiger partial charge in [-0.15, -0.1) is 11.3 Å². The maximum atomic E-state index is 12.3. The van der Waals surface area contributed by atoms with Crippen LogP contribution in [0.1, 0.15) is 34.5 Å². The number of carbonyl (C=O) groups excluding carboxylic acids is 1. The lowest BCUT2D eigenvalue weighted by molar-refractivity contribution is 0.0947. The number of pyridine rings is 1. The molecule has 9 heteroatoms. The second-order valence-electron chi connectivity index (χ2n) is 6.10. The second kappa shape index (κ2) is 8.13. The zero-order valence-corrected chi connectivity index (χ0v) is 16.0. The fourth-order valence-electron chi connectivity index (χ4n) is 2.63. The summed E-state index contributed by atoms with van der Waals surface area (Å²) in [5.41, 5.74) is 1.09. The first-order valence-corrected chi connectivity index (χ1v) is 9.75. The molecule has 0 aliphatic rings. The highest BCUT2D eigenvalue weighted by atomic mass is 32.1. The Morgan fingerprint density at radius 1 is 1.32 bits per heavy atom. The van der Waals surface area contributed by atoms with Crippen molar-refractivity contribution in [1.29, 1.82) is 0 Å². The zero-order chi connectivity index (χ0) is 19.3. The van der Waals surface area contributed by atoms with Crippen molar-refractivity contribution in [2.75, 3.05) is 0 Å². The molecule has 0 radical (unpaired) electrons. The summed E-state index contributed by atoms with van der Waals surface area (Å²) >= 11 is 1.60. The molecule has 4 aromatic rings. The number of nitrogens with one attached hydrogen (secondary N) is 1. The van der Waals surface area contributed by atoms with Crippen LogP contribution in [-0.4, -0.2) is 30.6 Å². The van der Waals surface area contributed by atoms with Gasteiger partial charge in [-0.2, -0.15) is 4.98 Å². The Balaban J connectivity index is 1.49. The first-order chi connectivity index (χ1) is 13.7. The molecular formula is C19H18N6O2S. The highest BCUT2D eigenvalue weighted by Crippen LogP contribution is 2.19. The third-order valence-electron chi connectivity index (χ3n) is 4.02. The van der Waals surface area contributed by atoms with Gasteiger partial charge in [0.2, 0.25) is 0 Å². The van der Waals surface area contributed by atoms with Gasteiger partial charge in [0.1, 0.15) is 17.8 Å². The van der Waals surface area contributed by atoms with E-state index in [1.54, 1.807) is 40.7 Å². The molecule has 0 spiro atoms. The monoisotopic (exact) mass is 394 g/mol. The van der Waals surface area contributed by atoms with Crippen LogP contribution >= 0.6 is 11.3 Å². The largest absolute Gasteiger partial charge is 0.346 e. The van der Waals surface area contributed by atoms with Gasteiger partial charge in [0, 0.05) is 29.3 Å². The number of hydrogen-bond acceptors (Lipinski definition) is 7. The van der Waals surface area contributed by atoms with Gasteiger partial charge in [-0.05, 0) is 30.0 Å². The van der Waals surface area contributed by atoms with Crippen LogP contribution in [0.25, 0.3) is 17.3 Å². The number of amides is 1. The van der Waals surface area contributed by atoms with Gasteiger partial charge in [-0.3, -0.25) is 9.36 Å². The van der Waals surface area contributed by atoms with E-state index in [-0.39, 0.29) is 5.91 Å².